The van der Waals surface area contributed by atoms with Crippen LogP contribution in [-0.2, 0) is 6.42 Å². The highest BCUT2D eigenvalue weighted by Crippen LogP contribution is 2.44. The number of rotatable bonds is 5. The van der Waals surface area contributed by atoms with Crippen LogP contribution in [0.25, 0.3) is 88.1 Å². The number of thiophene rings is 1. The molecule has 0 spiro atoms. The Balaban J connectivity index is 1.33. The summed E-state index contributed by atoms with van der Waals surface area (Å²) in [5.74, 6) is 1.44. The number of aromatic nitrogens is 4. The van der Waals surface area contributed by atoms with Crippen molar-refractivity contribution in [2.75, 3.05) is 0 Å². The molecule has 3 heterocycles. The molecular formula is C45H30N4S. The monoisotopic (exact) mass is 664 g/mol. The maximum absolute atomic E-state index is 9.53. The Labute approximate surface area is 302 Å². The van der Waals surface area contributed by atoms with Crippen LogP contribution in [0.5, 0.6) is 0 Å². The standard InChI is InChI=1S/C45H30N4S/c1-3-14-29(15-4-1)43-46-44(30-16-5-2-6-17-30)48-45(47-43)31-26-27-40(49-38-23-10-7-18-32(38)33-19-8-11-24-39(33)49)37(28-31)36-22-13-21-35-34-20-9-12-25-41(34)50-42(35)36/h1-10,12-23,25-28H,11,24H2/i9D,13D,20D,21D,22D,25D. The lowest BCUT2D eigenvalue weighted by Gasteiger charge is -2.19. The molecule has 0 fully saturated rings. The fourth-order valence-electron chi connectivity index (χ4n) is 7.01. The molecule has 0 saturated heterocycles. The average Bonchev–Trinajstić information content (AvgIpc) is 3.80. The quantitative estimate of drug-likeness (QED) is 0.184. The molecule has 0 bridgehead atoms. The van der Waals surface area contributed by atoms with E-state index in [0.29, 0.717) is 54.3 Å². The molecule has 9 aromatic rings. The van der Waals surface area contributed by atoms with Crippen molar-refractivity contribution in [3.05, 3.63) is 163 Å². The Morgan fingerprint density at radius 2 is 1.30 bits per heavy atom. The van der Waals surface area contributed by atoms with Crippen molar-refractivity contribution in [2.24, 2.45) is 0 Å². The third-order valence-corrected chi connectivity index (χ3v) is 10.4. The van der Waals surface area contributed by atoms with Gasteiger partial charge in [0.15, 0.2) is 17.5 Å². The SMILES string of the molecule is [2H]c1cc([2H])c2sc3c(-c4cc(-c5nc(-c6ccccc6)nc(-c6ccccc6)n5)ccc4-n4c5c(c6ccccc64)C=CCC5)c([2H])c([2H])c([2H])c3c2c1[2H]. The minimum Gasteiger partial charge on any atom is -0.312 e. The molecule has 0 amide bonds. The van der Waals surface area contributed by atoms with Crippen LogP contribution in [0.4, 0.5) is 0 Å². The van der Waals surface area contributed by atoms with E-state index in [1.54, 1.807) is 0 Å². The van der Waals surface area contributed by atoms with E-state index >= 15 is 0 Å². The third-order valence-electron chi connectivity index (χ3n) is 9.30. The van der Waals surface area contributed by atoms with Crippen molar-refractivity contribution in [3.8, 4) is 51.0 Å². The summed E-state index contributed by atoms with van der Waals surface area (Å²) in [5.41, 5.74) is 7.43. The molecule has 3 aromatic heterocycles. The molecular weight excluding hydrogens is 629 g/mol. The Morgan fingerprint density at radius 3 is 2.08 bits per heavy atom. The normalized spacial score (nSPS) is 14.2. The largest absolute Gasteiger partial charge is 0.312 e. The van der Waals surface area contributed by atoms with E-state index in [9.17, 15) is 1.37 Å². The summed E-state index contributed by atoms with van der Waals surface area (Å²) in [7, 11) is 0. The summed E-state index contributed by atoms with van der Waals surface area (Å²) in [6, 6.07) is 34.3. The second kappa shape index (κ2) is 11.8. The van der Waals surface area contributed by atoms with Crippen LogP contribution in [0.2, 0.25) is 0 Å². The second-order valence-corrected chi connectivity index (χ2v) is 13.3. The van der Waals surface area contributed by atoms with Crippen LogP contribution < -0.4 is 0 Å². The first kappa shape index (κ1) is 23.2. The summed E-state index contributed by atoms with van der Waals surface area (Å²) in [5, 5.41) is 1.71. The molecule has 1 aliphatic carbocycles. The first-order chi connectivity index (χ1) is 27.3. The maximum Gasteiger partial charge on any atom is 0.164 e. The Morgan fingerprint density at radius 1 is 0.600 bits per heavy atom. The number of hydrogen-bond donors (Lipinski definition) is 0. The summed E-state index contributed by atoms with van der Waals surface area (Å²) in [6.45, 7) is 0. The molecule has 50 heavy (non-hydrogen) atoms. The van der Waals surface area contributed by atoms with E-state index in [1.807, 2.05) is 91.0 Å². The molecule has 0 saturated carbocycles. The molecule has 1 aliphatic rings. The van der Waals surface area contributed by atoms with Gasteiger partial charge in [-0.15, -0.1) is 11.3 Å². The maximum atomic E-state index is 9.53. The van der Waals surface area contributed by atoms with Crippen molar-refractivity contribution in [1.82, 2.24) is 19.5 Å². The summed E-state index contributed by atoms with van der Waals surface area (Å²) in [6.07, 6.45) is 6.04. The number of allylic oxidation sites excluding steroid dienone is 1. The van der Waals surface area contributed by atoms with Crippen molar-refractivity contribution in [1.29, 1.82) is 0 Å². The molecule has 0 radical (unpaired) electrons. The van der Waals surface area contributed by atoms with Crippen LogP contribution >= 0.6 is 11.3 Å². The lowest BCUT2D eigenvalue weighted by atomic mass is 9.97. The average molecular weight is 665 g/mol. The lowest BCUT2D eigenvalue weighted by molar-refractivity contribution is 0.889. The van der Waals surface area contributed by atoms with Gasteiger partial charge in [-0.2, -0.15) is 0 Å². The van der Waals surface area contributed by atoms with E-state index in [-0.39, 0.29) is 36.3 Å². The molecule has 0 aliphatic heterocycles. The number of fused-ring (bicyclic) bond motifs is 6. The van der Waals surface area contributed by atoms with Crippen molar-refractivity contribution in [2.45, 2.75) is 12.8 Å². The van der Waals surface area contributed by atoms with Gasteiger partial charge in [0.25, 0.3) is 0 Å². The minimum atomic E-state index is -0.287. The molecule has 6 aromatic carbocycles. The Bertz CT molecular complexity index is 3040. The van der Waals surface area contributed by atoms with Gasteiger partial charge in [-0.25, -0.2) is 15.0 Å². The predicted molar refractivity (Wildman–Crippen MR) is 209 cm³/mol. The summed E-state index contributed by atoms with van der Waals surface area (Å²) in [4.78, 5) is 14.9. The Hall–Kier alpha value is -6.17. The van der Waals surface area contributed by atoms with Gasteiger partial charge in [-0.05, 0) is 43.1 Å². The molecule has 10 rings (SSSR count). The zero-order valence-electron chi connectivity index (χ0n) is 32.7. The van der Waals surface area contributed by atoms with Gasteiger partial charge in [-0.3, -0.25) is 0 Å². The fraction of sp³-hybridized carbons (Fsp3) is 0.0444. The van der Waals surface area contributed by atoms with Crippen LogP contribution in [0, 0.1) is 0 Å². The highest BCUT2D eigenvalue weighted by Gasteiger charge is 2.23. The van der Waals surface area contributed by atoms with Gasteiger partial charge in [-0.1, -0.05) is 127 Å². The predicted octanol–water partition coefficient (Wildman–Crippen LogP) is 11.8. The number of hydrogen-bond acceptors (Lipinski definition) is 4. The van der Waals surface area contributed by atoms with E-state index in [2.05, 4.69) is 28.9 Å². The highest BCUT2D eigenvalue weighted by atomic mass is 32.1. The van der Waals surface area contributed by atoms with Crippen LogP contribution in [0.1, 0.15) is 25.9 Å². The van der Waals surface area contributed by atoms with Crippen molar-refractivity contribution in [3.63, 3.8) is 0 Å². The van der Waals surface area contributed by atoms with E-state index < -0.39 is 0 Å². The first-order valence-corrected chi connectivity index (χ1v) is 17.3. The number of para-hydroxylation sites is 1. The van der Waals surface area contributed by atoms with Gasteiger partial charge in [0.1, 0.15) is 0 Å². The van der Waals surface area contributed by atoms with Gasteiger partial charge in [0.2, 0.25) is 0 Å². The zero-order chi connectivity index (χ0) is 38.2. The smallest absolute Gasteiger partial charge is 0.164 e. The fourth-order valence-corrected chi connectivity index (χ4v) is 8.11. The topological polar surface area (TPSA) is 43.6 Å². The lowest BCUT2D eigenvalue weighted by Crippen LogP contribution is -2.05. The highest BCUT2D eigenvalue weighted by molar-refractivity contribution is 7.26. The summed E-state index contributed by atoms with van der Waals surface area (Å²) < 4.78 is 57.1. The van der Waals surface area contributed by atoms with Crippen molar-refractivity contribution < 1.29 is 8.22 Å². The molecule has 4 nitrogen and oxygen atoms in total. The van der Waals surface area contributed by atoms with Crippen molar-refractivity contribution >= 4 is 48.5 Å². The molecule has 0 N–H and O–H groups in total. The summed E-state index contributed by atoms with van der Waals surface area (Å²) >= 11 is 1.23. The zero-order valence-corrected chi connectivity index (χ0v) is 27.5. The molecule has 0 unspecified atom stereocenters. The number of nitrogens with zero attached hydrogens (tertiary/aromatic N) is 4. The Kier molecular flexibility index (Phi) is 5.46. The number of benzene rings is 6. The molecule has 236 valence electrons. The van der Waals surface area contributed by atoms with Crippen LogP contribution in [0.3, 0.4) is 0 Å². The van der Waals surface area contributed by atoms with Gasteiger partial charge < -0.3 is 4.57 Å². The van der Waals surface area contributed by atoms with Gasteiger partial charge >= 0.3 is 0 Å². The minimum absolute atomic E-state index is 0.0731. The molecule has 0 atom stereocenters. The van der Waals surface area contributed by atoms with Gasteiger partial charge in [0, 0.05) is 64.6 Å². The van der Waals surface area contributed by atoms with E-state index in [4.69, 9.17) is 21.8 Å². The van der Waals surface area contributed by atoms with Crippen LogP contribution in [-0.4, -0.2) is 19.5 Å². The molecule has 5 heteroatoms. The van der Waals surface area contributed by atoms with Gasteiger partial charge in [0.05, 0.1) is 19.4 Å². The van der Waals surface area contributed by atoms with E-state index in [1.165, 1.54) is 17.4 Å². The third kappa shape index (κ3) is 4.70. The van der Waals surface area contributed by atoms with Crippen LogP contribution in [0.15, 0.2) is 152 Å². The first-order valence-electron chi connectivity index (χ1n) is 19.5. The second-order valence-electron chi connectivity index (χ2n) is 12.2. The van der Waals surface area contributed by atoms with E-state index in [0.717, 1.165) is 51.8 Å².